The van der Waals surface area contributed by atoms with Crippen molar-refractivity contribution in [2.24, 2.45) is 0 Å². The van der Waals surface area contributed by atoms with Crippen LogP contribution in [0.15, 0.2) is 27.8 Å². The SMILES string of the molecule is Cc1ccc(-n2c(SCC(=O)O)nnc2C2CC2)c(Br)c1. The third-order valence-electron chi connectivity index (χ3n) is 3.27. The molecule has 0 atom stereocenters. The van der Waals surface area contributed by atoms with Gasteiger partial charge in [0.2, 0.25) is 0 Å². The molecule has 0 unspecified atom stereocenters. The average Bonchev–Trinajstić information content (AvgIpc) is 3.18. The summed E-state index contributed by atoms with van der Waals surface area (Å²) in [7, 11) is 0. The Labute approximate surface area is 134 Å². The molecule has 1 aromatic heterocycles. The summed E-state index contributed by atoms with van der Waals surface area (Å²) in [5, 5.41) is 18.0. The Kier molecular flexibility index (Phi) is 4.03. The number of carbonyl (C=O) groups is 1. The van der Waals surface area contributed by atoms with Crippen molar-refractivity contribution in [3.63, 3.8) is 0 Å². The fraction of sp³-hybridized carbons (Fsp3) is 0.357. The van der Waals surface area contributed by atoms with Gasteiger partial charge in [-0.05, 0) is 53.4 Å². The van der Waals surface area contributed by atoms with Gasteiger partial charge in [-0.3, -0.25) is 9.36 Å². The molecule has 0 radical (unpaired) electrons. The van der Waals surface area contributed by atoms with Crippen LogP contribution >= 0.6 is 27.7 Å². The van der Waals surface area contributed by atoms with Crippen LogP contribution in [0.4, 0.5) is 0 Å². The van der Waals surface area contributed by atoms with E-state index in [9.17, 15) is 4.79 Å². The summed E-state index contributed by atoms with van der Waals surface area (Å²) in [6.07, 6.45) is 2.23. The first kappa shape index (κ1) is 14.6. The van der Waals surface area contributed by atoms with Crippen LogP contribution in [0.5, 0.6) is 0 Å². The quantitative estimate of drug-likeness (QED) is 0.820. The second kappa shape index (κ2) is 5.81. The molecule has 0 aliphatic heterocycles. The van der Waals surface area contributed by atoms with Crippen LogP contribution < -0.4 is 0 Å². The highest BCUT2D eigenvalue weighted by Gasteiger charge is 2.31. The molecular weight excluding hydrogens is 354 g/mol. The number of rotatable bonds is 5. The number of thioether (sulfide) groups is 1. The van der Waals surface area contributed by atoms with E-state index in [4.69, 9.17) is 5.11 Å². The van der Waals surface area contributed by atoms with Gasteiger partial charge in [-0.15, -0.1) is 10.2 Å². The lowest BCUT2D eigenvalue weighted by molar-refractivity contribution is -0.133. The predicted molar refractivity (Wildman–Crippen MR) is 84.1 cm³/mol. The number of halogens is 1. The van der Waals surface area contributed by atoms with E-state index in [1.54, 1.807) is 0 Å². The Morgan fingerprint density at radius 2 is 2.24 bits per heavy atom. The molecule has 1 aliphatic carbocycles. The van der Waals surface area contributed by atoms with E-state index in [1.807, 2.05) is 29.7 Å². The van der Waals surface area contributed by atoms with Gasteiger partial charge >= 0.3 is 5.97 Å². The highest BCUT2D eigenvalue weighted by Crippen LogP contribution is 2.42. The molecule has 7 heteroatoms. The van der Waals surface area contributed by atoms with Crippen molar-refractivity contribution in [1.29, 1.82) is 0 Å². The Balaban J connectivity index is 2.05. The fourth-order valence-corrected chi connectivity index (χ4v) is 3.47. The Bertz CT molecular complexity index is 698. The van der Waals surface area contributed by atoms with Gasteiger partial charge in [-0.25, -0.2) is 0 Å². The zero-order valence-electron chi connectivity index (χ0n) is 11.4. The number of benzene rings is 1. The van der Waals surface area contributed by atoms with Crippen LogP contribution in [-0.2, 0) is 4.79 Å². The molecule has 1 aromatic carbocycles. The standard InChI is InChI=1S/C14H14BrN3O2S/c1-8-2-5-11(10(15)6-8)18-13(9-3-4-9)16-17-14(18)21-7-12(19)20/h2,5-6,9H,3-4,7H2,1H3,(H,19,20). The minimum absolute atomic E-state index is 0.0215. The lowest BCUT2D eigenvalue weighted by Crippen LogP contribution is -2.05. The largest absolute Gasteiger partial charge is 0.481 e. The monoisotopic (exact) mass is 367 g/mol. The number of hydrogen-bond acceptors (Lipinski definition) is 4. The van der Waals surface area contributed by atoms with E-state index in [0.717, 1.165) is 34.4 Å². The van der Waals surface area contributed by atoms with Crippen LogP contribution in [0.25, 0.3) is 5.69 Å². The smallest absolute Gasteiger partial charge is 0.313 e. The van der Waals surface area contributed by atoms with Gasteiger partial charge < -0.3 is 5.11 Å². The average molecular weight is 368 g/mol. The highest BCUT2D eigenvalue weighted by molar-refractivity contribution is 9.10. The minimum atomic E-state index is -0.856. The van der Waals surface area contributed by atoms with Crippen LogP contribution in [0.2, 0.25) is 0 Å². The van der Waals surface area contributed by atoms with E-state index in [1.165, 1.54) is 11.8 Å². The van der Waals surface area contributed by atoms with Gasteiger partial charge in [0.25, 0.3) is 0 Å². The molecule has 0 spiro atoms. The van der Waals surface area contributed by atoms with Crippen molar-refractivity contribution < 1.29 is 9.90 Å². The Morgan fingerprint density at radius 3 is 2.86 bits per heavy atom. The molecule has 110 valence electrons. The molecule has 3 rings (SSSR count). The number of carboxylic acids is 1. The molecule has 1 N–H and O–H groups in total. The van der Waals surface area contributed by atoms with Crippen molar-refractivity contribution in [3.8, 4) is 5.69 Å². The molecule has 1 aliphatic rings. The first-order chi connectivity index (χ1) is 10.1. The number of nitrogens with zero attached hydrogens (tertiary/aromatic N) is 3. The third-order valence-corrected chi connectivity index (χ3v) is 4.82. The van der Waals surface area contributed by atoms with Crippen molar-refractivity contribution in [3.05, 3.63) is 34.1 Å². The van der Waals surface area contributed by atoms with E-state index in [2.05, 4.69) is 26.1 Å². The van der Waals surface area contributed by atoms with E-state index in [-0.39, 0.29) is 5.75 Å². The summed E-state index contributed by atoms with van der Waals surface area (Å²) in [5.41, 5.74) is 2.12. The molecular formula is C14H14BrN3O2S. The van der Waals surface area contributed by atoms with Gasteiger partial charge in [-0.1, -0.05) is 17.8 Å². The molecule has 21 heavy (non-hydrogen) atoms. The zero-order chi connectivity index (χ0) is 15.0. The fourth-order valence-electron chi connectivity index (χ4n) is 2.13. The highest BCUT2D eigenvalue weighted by atomic mass is 79.9. The van der Waals surface area contributed by atoms with E-state index < -0.39 is 5.97 Å². The number of aliphatic carboxylic acids is 1. The van der Waals surface area contributed by atoms with Crippen molar-refractivity contribution in [1.82, 2.24) is 14.8 Å². The summed E-state index contributed by atoms with van der Waals surface area (Å²) in [6, 6.07) is 6.08. The van der Waals surface area contributed by atoms with Crippen LogP contribution in [0, 0.1) is 6.92 Å². The molecule has 1 saturated carbocycles. The molecule has 0 bridgehead atoms. The summed E-state index contributed by atoms with van der Waals surface area (Å²) in [4.78, 5) is 10.8. The molecule has 0 saturated heterocycles. The topological polar surface area (TPSA) is 68.0 Å². The summed E-state index contributed by atoms with van der Waals surface area (Å²) < 4.78 is 2.94. The maximum atomic E-state index is 10.8. The molecule has 2 aromatic rings. The summed E-state index contributed by atoms with van der Waals surface area (Å²) in [6.45, 7) is 2.03. The third kappa shape index (κ3) is 3.13. The van der Waals surface area contributed by atoms with Crippen LogP contribution in [0.1, 0.15) is 30.1 Å². The minimum Gasteiger partial charge on any atom is -0.481 e. The van der Waals surface area contributed by atoms with Gasteiger partial charge in [-0.2, -0.15) is 0 Å². The second-order valence-corrected chi connectivity index (χ2v) is 6.88. The first-order valence-electron chi connectivity index (χ1n) is 6.62. The summed E-state index contributed by atoms with van der Waals surface area (Å²) >= 11 is 4.78. The first-order valence-corrected chi connectivity index (χ1v) is 8.40. The van der Waals surface area contributed by atoms with E-state index >= 15 is 0 Å². The van der Waals surface area contributed by atoms with Gasteiger partial charge in [0.1, 0.15) is 5.82 Å². The second-order valence-electron chi connectivity index (χ2n) is 5.09. The maximum Gasteiger partial charge on any atom is 0.313 e. The lowest BCUT2D eigenvalue weighted by Gasteiger charge is -2.12. The molecule has 1 fully saturated rings. The number of aryl methyl sites for hydroxylation is 1. The summed E-state index contributed by atoms with van der Waals surface area (Å²) in [5.74, 6) is 0.481. The lowest BCUT2D eigenvalue weighted by atomic mass is 10.2. The maximum absolute atomic E-state index is 10.8. The van der Waals surface area contributed by atoms with Crippen LogP contribution in [-0.4, -0.2) is 31.6 Å². The number of hydrogen-bond donors (Lipinski definition) is 1. The zero-order valence-corrected chi connectivity index (χ0v) is 13.8. The van der Waals surface area contributed by atoms with Gasteiger partial charge in [0.15, 0.2) is 5.16 Å². The van der Waals surface area contributed by atoms with Crippen LogP contribution in [0.3, 0.4) is 0 Å². The number of aromatic nitrogens is 3. The Hall–Kier alpha value is -1.34. The van der Waals surface area contributed by atoms with Gasteiger partial charge in [0.05, 0.1) is 11.4 Å². The van der Waals surface area contributed by atoms with Crippen molar-refractivity contribution >= 4 is 33.7 Å². The molecule has 5 nitrogen and oxygen atoms in total. The van der Waals surface area contributed by atoms with Crippen molar-refractivity contribution in [2.45, 2.75) is 30.8 Å². The van der Waals surface area contributed by atoms with E-state index in [0.29, 0.717) is 11.1 Å². The molecule has 0 amide bonds. The predicted octanol–water partition coefficient (Wildman–Crippen LogP) is 3.39. The Morgan fingerprint density at radius 1 is 1.48 bits per heavy atom. The van der Waals surface area contributed by atoms with Crippen molar-refractivity contribution in [2.75, 3.05) is 5.75 Å². The molecule has 1 heterocycles. The van der Waals surface area contributed by atoms with Gasteiger partial charge in [0, 0.05) is 10.4 Å². The number of carboxylic acid groups (broad SMARTS) is 1. The normalized spacial score (nSPS) is 14.4.